The Morgan fingerprint density at radius 1 is 1.40 bits per heavy atom. The van der Waals surface area contributed by atoms with Crippen LogP contribution >= 0.6 is 0 Å². The highest BCUT2D eigenvalue weighted by molar-refractivity contribution is 5.78. The standard InChI is InChI=1S/C11H15N3O/c1-13-6-7-14(11(15)9-13)8-10-4-2-3-5-12-10/h2-5H,6-9H2,1H3. The second kappa shape index (κ2) is 4.40. The predicted octanol–water partition coefficient (Wildman–Crippen LogP) is 0.356. The van der Waals surface area contributed by atoms with E-state index in [2.05, 4.69) is 4.98 Å². The van der Waals surface area contributed by atoms with Crippen LogP contribution in [0.15, 0.2) is 24.4 Å². The zero-order valence-corrected chi connectivity index (χ0v) is 8.89. The number of pyridine rings is 1. The number of hydrogen-bond acceptors (Lipinski definition) is 3. The Kier molecular flexibility index (Phi) is 2.97. The van der Waals surface area contributed by atoms with Gasteiger partial charge >= 0.3 is 0 Å². The molecule has 2 heterocycles. The maximum absolute atomic E-state index is 11.7. The summed E-state index contributed by atoms with van der Waals surface area (Å²) in [6.07, 6.45) is 1.76. The lowest BCUT2D eigenvalue weighted by molar-refractivity contribution is -0.136. The molecule has 1 saturated heterocycles. The van der Waals surface area contributed by atoms with Gasteiger partial charge in [-0.05, 0) is 19.2 Å². The normalized spacial score (nSPS) is 18.2. The van der Waals surface area contributed by atoms with Crippen molar-refractivity contribution < 1.29 is 4.79 Å². The van der Waals surface area contributed by atoms with Gasteiger partial charge < -0.3 is 4.90 Å². The molecule has 0 unspecified atom stereocenters. The molecular weight excluding hydrogens is 190 g/mol. The minimum absolute atomic E-state index is 0.189. The Balaban J connectivity index is 1.98. The molecule has 15 heavy (non-hydrogen) atoms. The van der Waals surface area contributed by atoms with E-state index < -0.39 is 0 Å². The molecule has 0 N–H and O–H groups in total. The van der Waals surface area contributed by atoms with Crippen molar-refractivity contribution in [3.63, 3.8) is 0 Å². The van der Waals surface area contributed by atoms with Crippen molar-refractivity contribution in [3.8, 4) is 0 Å². The summed E-state index contributed by atoms with van der Waals surface area (Å²) in [5, 5.41) is 0. The number of aromatic nitrogens is 1. The number of carbonyl (C=O) groups is 1. The topological polar surface area (TPSA) is 36.4 Å². The number of nitrogens with zero attached hydrogens (tertiary/aromatic N) is 3. The van der Waals surface area contributed by atoms with Crippen molar-refractivity contribution in [3.05, 3.63) is 30.1 Å². The average Bonchev–Trinajstić information content (AvgIpc) is 2.24. The highest BCUT2D eigenvalue weighted by Crippen LogP contribution is 2.06. The molecule has 0 aromatic carbocycles. The molecule has 1 aromatic rings. The van der Waals surface area contributed by atoms with Crippen molar-refractivity contribution in [1.82, 2.24) is 14.8 Å². The third kappa shape index (κ3) is 2.53. The smallest absolute Gasteiger partial charge is 0.237 e. The summed E-state index contributed by atoms with van der Waals surface area (Å²) in [5.74, 6) is 0.189. The average molecular weight is 205 g/mol. The molecule has 1 aliphatic rings. The molecule has 1 amide bonds. The molecule has 1 aliphatic heterocycles. The second-order valence-corrected chi connectivity index (χ2v) is 3.87. The van der Waals surface area contributed by atoms with Crippen LogP contribution in [0.3, 0.4) is 0 Å². The number of rotatable bonds is 2. The van der Waals surface area contributed by atoms with Crippen LogP contribution in [0.5, 0.6) is 0 Å². The van der Waals surface area contributed by atoms with Gasteiger partial charge in [0.05, 0.1) is 18.8 Å². The van der Waals surface area contributed by atoms with Crippen molar-refractivity contribution >= 4 is 5.91 Å². The van der Waals surface area contributed by atoms with Crippen LogP contribution in [-0.4, -0.2) is 47.4 Å². The van der Waals surface area contributed by atoms with Gasteiger partial charge in [0.15, 0.2) is 0 Å². The van der Waals surface area contributed by atoms with E-state index in [0.29, 0.717) is 13.1 Å². The van der Waals surface area contributed by atoms with Crippen LogP contribution < -0.4 is 0 Å². The number of hydrogen-bond donors (Lipinski definition) is 0. The Morgan fingerprint density at radius 2 is 2.27 bits per heavy atom. The molecule has 0 aliphatic carbocycles. The molecule has 80 valence electrons. The molecule has 0 radical (unpaired) electrons. The van der Waals surface area contributed by atoms with Gasteiger partial charge in [0.1, 0.15) is 0 Å². The molecular formula is C11H15N3O. The van der Waals surface area contributed by atoms with Crippen LogP contribution in [0, 0.1) is 0 Å². The first-order valence-corrected chi connectivity index (χ1v) is 5.12. The Bertz CT molecular complexity index is 339. The van der Waals surface area contributed by atoms with E-state index in [1.54, 1.807) is 6.20 Å². The summed E-state index contributed by atoms with van der Waals surface area (Å²) >= 11 is 0. The van der Waals surface area contributed by atoms with Crippen LogP contribution in [0.1, 0.15) is 5.69 Å². The number of likely N-dealkylation sites (N-methyl/N-ethyl adjacent to an activating group) is 1. The fourth-order valence-electron chi connectivity index (χ4n) is 1.68. The molecule has 1 aromatic heterocycles. The van der Waals surface area contributed by atoms with Crippen molar-refractivity contribution in [1.29, 1.82) is 0 Å². The van der Waals surface area contributed by atoms with E-state index >= 15 is 0 Å². The zero-order valence-electron chi connectivity index (χ0n) is 8.89. The predicted molar refractivity (Wildman–Crippen MR) is 57.2 cm³/mol. The largest absolute Gasteiger partial charge is 0.334 e. The lowest BCUT2D eigenvalue weighted by Crippen LogP contribution is -2.48. The van der Waals surface area contributed by atoms with Crippen molar-refractivity contribution in [2.45, 2.75) is 6.54 Å². The van der Waals surface area contributed by atoms with E-state index in [1.807, 2.05) is 35.0 Å². The first-order chi connectivity index (χ1) is 7.25. The minimum atomic E-state index is 0.189. The van der Waals surface area contributed by atoms with Gasteiger partial charge in [0.2, 0.25) is 5.91 Å². The van der Waals surface area contributed by atoms with E-state index in [-0.39, 0.29) is 5.91 Å². The molecule has 2 rings (SSSR count). The number of amides is 1. The van der Waals surface area contributed by atoms with E-state index in [9.17, 15) is 4.79 Å². The fraction of sp³-hybridized carbons (Fsp3) is 0.455. The molecule has 0 bridgehead atoms. The maximum atomic E-state index is 11.7. The summed E-state index contributed by atoms with van der Waals surface area (Å²) in [6.45, 7) is 2.89. The van der Waals surface area contributed by atoms with Crippen LogP contribution in [0.4, 0.5) is 0 Å². The molecule has 4 nitrogen and oxygen atoms in total. The fourth-order valence-corrected chi connectivity index (χ4v) is 1.68. The minimum Gasteiger partial charge on any atom is -0.334 e. The van der Waals surface area contributed by atoms with Gasteiger partial charge in [-0.25, -0.2) is 0 Å². The highest BCUT2D eigenvalue weighted by atomic mass is 16.2. The summed E-state index contributed by atoms with van der Waals surface area (Å²) < 4.78 is 0. The summed E-state index contributed by atoms with van der Waals surface area (Å²) in [6, 6.07) is 5.78. The zero-order chi connectivity index (χ0) is 10.7. The monoisotopic (exact) mass is 205 g/mol. The molecule has 0 saturated carbocycles. The third-order valence-corrected chi connectivity index (χ3v) is 2.59. The van der Waals surface area contributed by atoms with Gasteiger partial charge in [-0.2, -0.15) is 0 Å². The maximum Gasteiger partial charge on any atom is 0.237 e. The molecule has 0 spiro atoms. The van der Waals surface area contributed by atoms with Crippen molar-refractivity contribution in [2.24, 2.45) is 0 Å². The Morgan fingerprint density at radius 3 is 2.93 bits per heavy atom. The van der Waals surface area contributed by atoms with E-state index in [4.69, 9.17) is 0 Å². The third-order valence-electron chi connectivity index (χ3n) is 2.59. The first-order valence-electron chi connectivity index (χ1n) is 5.12. The van der Waals surface area contributed by atoms with Crippen LogP contribution in [-0.2, 0) is 11.3 Å². The summed E-state index contributed by atoms with van der Waals surface area (Å²) in [5.41, 5.74) is 0.954. The van der Waals surface area contributed by atoms with Gasteiger partial charge in [0, 0.05) is 19.3 Å². The van der Waals surface area contributed by atoms with Gasteiger partial charge in [-0.3, -0.25) is 14.7 Å². The summed E-state index contributed by atoms with van der Waals surface area (Å²) in [4.78, 5) is 19.8. The second-order valence-electron chi connectivity index (χ2n) is 3.87. The molecule has 0 atom stereocenters. The molecule has 4 heteroatoms. The lowest BCUT2D eigenvalue weighted by atomic mass is 10.2. The van der Waals surface area contributed by atoms with Gasteiger partial charge in [-0.1, -0.05) is 6.07 Å². The number of piperazine rings is 1. The van der Waals surface area contributed by atoms with Gasteiger partial charge in [0.25, 0.3) is 0 Å². The highest BCUT2D eigenvalue weighted by Gasteiger charge is 2.21. The van der Waals surface area contributed by atoms with Crippen molar-refractivity contribution in [2.75, 3.05) is 26.7 Å². The first kappa shape index (κ1) is 10.1. The molecule has 1 fully saturated rings. The number of carbonyl (C=O) groups excluding carboxylic acids is 1. The Labute approximate surface area is 89.5 Å². The van der Waals surface area contributed by atoms with E-state index in [0.717, 1.165) is 18.8 Å². The SMILES string of the molecule is CN1CCN(Cc2ccccn2)C(=O)C1. The van der Waals surface area contributed by atoms with Gasteiger partial charge in [-0.15, -0.1) is 0 Å². The van der Waals surface area contributed by atoms with Crippen LogP contribution in [0.2, 0.25) is 0 Å². The lowest BCUT2D eigenvalue weighted by Gasteiger charge is -2.31. The van der Waals surface area contributed by atoms with E-state index in [1.165, 1.54) is 0 Å². The van der Waals surface area contributed by atoms with Crippen LogP contribution in [0.25, 0.3) is 0 Å². The quantitative estimate of drug-likeness (QED) is 0.699. The summed E-state index contributed by atoms with van der Waals surface area (Å²) in [7, 11) is 1.97. The Hall–Kier alpha value is -1.42.